The van der Waals surface area contributed by atoms with E-state index in [1.807, 2.05) is 6.08 Å². The fourth-order valence-corrected chi connectivity index (χ4v) is 3.15. The zero-order valence-corrected chi connectivity index (χ0v) is 13.6. The summed E-state index contributed by atoms with van der Waals surface area (Å²) >= 11 is 0. The highest BCUT2D eigenvalue weighted by atomic mass is 15.0. The first-order valence-electron chi connectivity index (χ1n) is 7.79. The third-order valence-corrected chi connectivity index (χ3v) is 4.38. The van der Waals surface area contributed by atoms with Gasteiger partial charge in [-0.05, 0) is 43.5 Å². The largest absolute Gasteiger partial charge is 0.376 e. The Balaban J connectivity index is 2.07. The van der Waals surface area contributed by atoms with Gasteiger partial charge >= 0.3 is 0 Å². The van der Waals surface area contributed by atoms with Crippen molar-refractivity contribution in [3.63, 3.8) is 0 Å². The van der Waals surface area contributed by atoms with Gasteiger partial charge in [0.15, 0.2) is 0 Å². The van der Waals surface area contributed by atoms with E-state index in [0.29, 0.717) is 5.92 Å². The van der Waals surface area contributed by atoms with Crippen molar-refractivity contribution >= 4 is 11.8 Å². The molecule has 1 aliphatic rings. The van der Waals surface area contributed by atoms with Gasteiger partial charge in [-0.25, -0.2) is 0 Å². The van der Waals surface area contributed by atoms with E-state index in [2.05, 4.69) is 87.3 Å². The molecule has 0 saturated heterocycles. The van der Waals surface area contributed by atoms with Crippen molar-refractivity contribution in [3.8, 4) is 0 Å². The summed E-state index contributed by atoms with van der Waals surface area (Å²) in [5.74, 6) is 0.334. The topological polar surface area (TPSA) is 12.0 Å². The lowest BCUT2D eigenvalue weighted by Gasteiger charge is -2.27. The lowest BCUT2D eigenvalue weighted by Crippen LogP contribution is -2.28. The van der Waals surface area contributed by atoms with E-state index in [9.17, 15) is 0 Å². The van der Waals surface area contributed by atoms with Crippen molar-refractivity contribution in [2.75, 3.05) is 5.32 Å². The third kappa shape index (κ3) is 2.59. The highest BCUT2D eigenvalue weighted by molar-refractivity contribution is 5.72. The van der Waals surface area contributed by atoms with Crippen LogP contribution in [-0.2, 0) is 0 Å². The van der Waals surface area contributed by atoms with Crippen molar-refractivity contribution in [1.82, 2.24) is 0 Å². The molecule has 0 saturated carbocycles. The van der Waals surface area contributed by atoms with Gasteiger partial charge in [0.1, 0.15) is 0 Å². The van der Waals surface area contributed by atoms with E-state index in [1.54, 1.807) is 0 Å². The van der Waals surface area contributed by atoms with Crippen molar-refractivity contribution in [2.45, 2.75) is 32.2 Å². The highest BCUT2D eigenvalue weighted by Crippen LogP contribution is 2.43. The minimum absolute atomic E-state index is 0.133. The molecule has 0 spiro atoms. The van der Waals surface area contributed by atoms with Crippen LogP contribution in [0.1, 0.15) is 43.4 Å². The smallest absolute Gasteiger partial charge is 0.0497 e. The average molecular weight is 289 g/mol. The zero-order valence-electron chi connectivity index (χ0n) is 13.6. The van der Waals surface area contributed by atoms with Crippen LogP contribution in [0.4, 0.5) is 5.69 Å². The van der Waals surface area contributed by atoms with Crippen LogP contribution in [0.15, 0.2) is 66.8 Å². The zero-order chi connectivity index (χ0) is 15.7. The van der Waals surface area contributed by atoms with Crippen molar-refractivity contribution < 1.29 is 0 Å². The summed E-state index contributed by atoms with van der Waals surface area (Å²) in [5, 5.41) is 3.62. The number of nitrogens with one attached hydrogen (secondary N) is 1. The molecule has 1 unspecified atom stereocenters. The Bertz CT molecular complexity index is 737. The van der Waals surface area contributed by atoms with Gasteiger partial charge in [0.2, 0.25) is 0 Å². The highest BCUT2D eigenvalue weighted by Gasteiger charge is 2.26. The molecule has 0 bridgehead atoms. The molecule has 2 aromatic carbocycles. The molecule has 3 rings (SSSR count). The summed E-state index contributed by atoms with van der Waals surface area (Å²) in [6.45, 7) is 10.4. The van der Waals surface area contributed by atoms with Gasteiger partial charge in [0.05, 0.1) is 0 Å². The molecule has 1 N–H and O–H groups in total. The Morgan fingerprint density at radius 2 is 1.64 bits per heavy atom. The Labute approximate surface area is 133 Å². The fourth-order valence-electron chi connectivity index (χ4n) is 3.15. The minimum atomic E-state index is -0.133. The maximum absolute atomic E-state index is 3.93. The lowest BCUT2D eigenvalue weighted by atomic mass is 9.87. The molecule has 1 heteroatoms. The monoisotopic (exact) mass is 289 g/mol. The van der Waals surface area contributed by atoms with Gasteiger partial charge < -0.3 is 5.32 Å². The number of rotatable bonds is 4. The van der Waals surface area contributed by atoms with Gasteiger partial charge in [-0.1, -0.05) is 60.2 Å². The maximum Gasteiger partial charge on any atom is 0.0497 e. The molecule has 112 valence electrons. The summed E-state index contributed by atoms with van der Waals surface area (Å²) in [4.78, 5) is 0. The van der Waals surface area contributed by atoms with Crippen LogP contribution < -0.4 is 5.32 Å². The molecule has 1 nitrogen and oxygen atoms in total. The number of para-hydroxylation sites is 1. The van der Waals surface area contributed by atoms with Crippen LogP contribution in [0.3, 0.4) is 0 Å². The summed E-state index contributed by atoms with van der Waals surface area (Å²) in [6.07, 6.45) is 4.25. The van der Waals surface area contributed by atoms with Crippen LogP contribution >= 0.6 is 0 Å². The molecule has 0 aromatic heterocycles. The Morgan fingerprint density at radius 1 is 1.00 bits per heavy atom. The van der Waals surface area contributed by atoms with Gasteiger partial charge in [0, 0.05) is 17.1 Å². The molecular formula is C21H23N. The molecule has 0 heterocycles. The summed E-state index contributed by atoms with van der Waals surface area (Å²) < 4.78 is 0. The second kappa shape index (κ2) is 5.49. The summed E-state index contributed by atoms with van der Waals surface area (Å²) in [6, 6.07) is 17.3. The molecule has 2 aromatic rings. The Hall–Kier alpha value is -2.28. The molecular weight excluding hydrogens is 266 g/mol. The van der Waals surface area contributed by atoms with Gasteiger partial charge in [-0.15, -0.1) is 6.58 Å². The second-order valence-corrected chi connectivity index (χ2v) is 6.59. The number of hydrogen-bond acceptors (Lipinski definition) is 1. The Morgan fingerprint density at radius 3 is 2.36 bits per heavy atom. The third-order valence-electron chi connectivity index (χ3n) is 4.38. The average Bonchev–Trinajstić information content (AvgIpc) is 2.83. The van der Waals surface area contributed by atoms with Crippen molar-refractivity contribution in [3.05, 3.63) is 83.4 Å². The molecule has 0 aliphatic heterocycles. The molecule has 1 atom stereocenters. The molecule has 0 amide bonds. The van der Waals surface area contributed by atoms with E-state index in [-0.39, 0.29) is 5.54 Å². The molecule has 22 heavy (non-hydrogen) atoms. The molecule has 0 fully saturated rings. The number of allylic oxidation sites excluding steroid dienone is 1. The normalized spacial score (nSPS) is 16.9. The van der Waals surface area contributed by atoms with Gasteiger partial charge in [-0.3, -0.25) is 0 Å². The van der Waals surface area contributed by atoms with E-state index >= 15 is 0 Å². The first kappa shape index (κ1) is 14.6. The number of hydrogen-bond donors (Lipinski definition) is 1. The lowest BCUT2D eigenvalue weighted by molar-refractivity contribution is 0.712. The van der Waals surface area contributed by atoms with Crippen molar-refractivity contribution in [1.29, 1.82) is 0 Å². The maximum atomic E-state index is 3.93. The number of fused-ring (bicyclic) bond motifs is 1. The quantitative estimate of drug-likeness (QED) is 0.721. The predicted molar refractivity (Wildman–Crippen MR) is 96.3 cm³/mol. The molecule has 1 aliphatic carbocycles. The van der Waals surface area contributed by atoms with E-state index in [1.165, 1.54) is 28.0 Å². The standard InChI is InChI=1S/C21H23N/c1-5-21(3,4)22-19-13-9-8-12-18(19)20-15(2)14-16-10-6-7-11-17(16)20/h5-14,20,22H,1H2,2-4H3. The second-order valence-electron chi connectivity index (χ2n) is 6.59. The van der Waals surface area contributed by atoms with Crippen LogP contribution in [0, 0.1) is 0 Å². The first-order chi connectivity index (χ1) is 10.5. The number of benzene rings is 2. The summed E-state index contributed by atoms with van der Waals surface area (Å²) in [7, 11) is 0. The van der Waals surface area contributed by atoms with E-state index in [4.69, 9.17) is 0 Å². The summed E-state index contributed by atoms with van der Waals surface area (Å²) in [5.41, 5.74) is 6.50. The number of anilines is 1. The van der Waals surface area contributed by atoms with Crippen LogP contribution in [0.25, 0.3) is 6.08 Å². The Kier molecular flexibility index (Phi) is 3.66. The van der Waals surface area contributed by atoms with Crippen molar-refractivity contribution in [2.24, 2.45) is 0 Å². The van der Waals surface area contributed by atoms with Crippen LogP contribution in [0.5, 0.6) is 0 Å². The minimum Gasteiger partial charge on any atom is -0.376 e. The first-order valence-corrected chi connectivity index (χ1v) is 7.79. The fraction of sp³-hybridized carbons (Fsp3) is 0.238. The van der Waals surface area contributed by atoms with E-state index in [0.717, 1.165) is 0 Å². The van der Waals surface area contributed by atoms with E-state index < -0.39 is 0 Å². The van der Waals surface area contributed by atoms with Gasteiger partial charge in [-0.2, -0.15) is 0 Å². The van der Waals surface area contributed by atoms with Crippen LogP contribution in [0.2, 0.25) is 0 Å². The SMILES string of the molecule is C=CC(C)(C)Nc1ccccc1C1C(C)=Cc2ccccc21. The predicted octanol–water partition coefficient (Wildman–Crippen LogP) is 5.61. The van der Waals surface area contributed by atoms with Gasteiger partial charge in [0.25, 0.3) is 0 Å². The molecule has 0 radical (unpaired) electrons. The van der Waals surface area contributed by atoms with Crippen LogP contribution in [-0.4, -0.2) is 5.54 Å².